The molecule has 0 saturated heterocycles. The molecule has 0 aromatic heterocycles. The molecule has 0 heterocycles. The van der Waals surface area contributed by atoms with Crippen molar-refractivity contribution < 1.29 is 0 Å². The average molecular weight is 224 g/mol. The van der Waals surface area contributed by atoms with Crippen LogP contribution in [0.4, 0.5) is 0 Å². The highest BCUT2D eigenvalue weighted by Crippen LogP contribution is 2.33. The summed E-state index contributed by atoms with van der Waals surface area (Å²) in [5, 5.41) is 0. The summed E-state index contributed by atoms with van der Waals surface area (Å²) in [5.41, 5.74) is 6.08. The number of hydrogen-bond acceptors (Lipinski definition) is 0. The van der Waals surface area contributed by atoms with Gasteiger partial charge in [0.15, 0.2) is 0 Å². The van der Waals surface area contributed by atoms with Crippen LogP contribution in [0.15, 0.2) is 24.3 Å². The second-order valence-electron chi connectivity index (χ2n) is 6.25. The Morgan fingerprint density at radius 1 is 0.941 bits per heavy atom. The minimum atomic E-state index is 0.177. The van der Waals surface area contributed by atoms with Gasteiger partial charge in [-0.25, -0.2) is 0 Å². The van der Waals surface area contributed by atoms with E-state index in [1.165, 1.54) is 24.0 Å². The van der Waals surface area contributed by atoms with Gasteiger partial charge in [-0.2, -0.15) is 0 Å². The molecule has 0 N–H and O–H groups in total. The lowest BCUT2D eigenvalue weighted by Gasteiger charge is -2.12. The van der Waals surface area contributed by atoms with Crippen LogP contribution in [0.3, 0.4) is 0 Å². The summed E-state index contributed by atoms with van der Waals surface area (Å²) in [6.07, 6.45) is 11.7. The molecular formula is C17H20. The largest absolute Gasteiger partial charge is 0.0745 e. The molecule has 0 saturated carbocycles. The van der Waals surface area contributed by atoms with E-state index in [-0.39, 0.29) is 5.41 Å². The van der Waals surface area contributed by atoms with Gasteiger partial charge in [-0.1, -0.05) is 57.2 Å². The van der Waals surface area contributed by atoms with E-state index in [1.807, 2.05) is 0 Å². The minimum Gasteiger partial charge on any atom is -0.0745 e. The topological polar surface area (TPSA) is 0 Å². The zero-order valence-corrected chi connectivity index (χ0v) is 11.0. The summed E-state index contributed by atoms with van der Waals surface area (Å²) < 4.78 is 0. The molecule has 0 amide bonds. The highest BCUT2D eigenvalue weighted by atomic mass is 14.2. The van der Waals surface area contributed by atoms with Crippen molar-refractivity contribution >= 4 is 12.2 Å². The molecule has 88 valence electrons. The Labute approximate surface area is 104 Å². The van der Waals surface area contributed by atoms with Crippen molar-refractivity contribution in [2.45, 2.75) is 33.6 Å². The predicted molar refractivity (Wildman–Crippen MR) is 74.9 cm³/mol. The monoisotopic (exact) mass is 224 g/mol. The predicted octanol–water partition coefficient (Wildman–Crippen LogP) is 4.49. The lowest BCUT2D eigenvalue weighted by molar-refractivity contribution is 0.627. The molecular weight excluding hydrogens is 204 g/mol. The van der Waals surface area contributed by atoms with Crippen molar-refractivity contribution in [3.8, 4) is 0 Å². The van der Waals surface area contributed by atoms with E-state index in [0.29, 0.717) is 0 Å². The molecule has 17 heavy (non-hydrogen) atoms. The number of fused-ring (bicyclic) bond motifs is 2. The standard InChI is InChI=1S/C17H20/c1-12-8-15-10-13-4-6-17(2,3)7-5-14(13)11-16(15)9-12/h4-7,10-12H,8-9H2,1-3H3. The average Bonchev–Trinajstić information content (AvgIpc) is 2.54. The number of hydrogen-bond donors (Lipinski definition) is 0. The first-order chi connectivity index (χ1) is 8.03. The summed E-state index contributed by atoms with van der Waals surface area (Å²) >= 11 is 0. The smallest absolute Gasteiger partial charge is 0.00111 e. The van der Waals surface area contributed by atoms with Crippen molar-refractivity contribution in [1.29, 1.82) is 0 Å². The maximum atomic E-state index is 2.40. The summed E-state index contributed by atoms with van der Waals surface area (Å²) in [7, 11) is 0. The number of allylic oxidation sites excluding steroid dienone is 2. The maximum Gasteiger partial charge on any atom is 0.00111 e. The summed E-state index contributed by atoms with van der Waals surface area (Å²) in [5.74, 6) is 0.820. The van der Waals surface area contributed by atoms with Crippen LogP contribution in [0, 0.1) is 11.3 Å². The third kappa shape index (κ3) is 1.97. The number of benzene rings is 1. The van der Waals surface area contributed by atoms with Gasteiger partial charge in [0, 0.05) is 5.41 Å². The fourth-order valence-corrected chi connectivity index (χ4v) is 2.88. The van der Waals surface area contributed by atoms with E-state index < -0.39 is 0 Å². The second-order valence-corrected chi connectivity index (χ2v) is 6.25. The van der Waals surface area contributed by atoms with Crippen LogP contribution >= 0.6 is 0 Å². The number of rotatable bonds is 0. The Hall–Kier alpha value is -1.30. The molecule has 1 aromatic carbocycles. The molecule has 0 bridgehead atoms. The first-order valence-corrected chi connectivity index (χ1v) is 6.58. The van der Waals surface area contributed by atoms with Crippen molar-refractivity contribution in [3.63, 3.8) is 0 Å². The van der Waals surface area contributed by atoms with E-state index in [1.54, 1.807) is 11.1 Å². The van der Waals surface area contributed by atoms with E-state index in [9.17, 15) is 0 Å². The SMILES string of the molecule is CC1Cc2cc3c(cc2C1)C=CC(C)(C)C=C3. The van der Waals surface area contributed by atoms with E-state index in [0.717, 1.165) is 5.92 Å². The molecule has 3 rings (SSSR count). The molecule has 0 aliphatic heterocycles. The Balaban J connectivity index is 2.10. The van der Waals surface area contributed by atoms with Crippen LogP contribution in [0.25, 0.3) is 12.2 Å². The van der Waals surface area contributed by atoms with Gasteiger partial charge in [-0.05, 0) is 41.0 Å². The Bertz CT molecular complexity index is 470. The fourth-order valence-electron chi connectivity index (χ4n) is 2.88. The Kier molecular flexibility index (Phi) is 2.29. The second kappa shape index (κ2) is 3.60. The first-order valence-electron chi connectivity index (χ1n) is 6.58. The van der Waals surface area contributed by atoms with Gasteiger partial charge in [-0.15, -0.1) is 0 Å². The van der Waals surface area contributed by atoms with Crippen molar-refractivity contribution in [1.82, 2.24) is 0 Å². The molecule has 2 aliphatic rings. The summed E-state index contributed by atoms with van der Waals surface area (Å²) in [6, 6.07) is 4.80. The Morgan fingerprint density at radius 2 is 1.41 bits per heavy atom. The van der Waals surface area contributed by atoms with Gasteiger partial charge < -0.3 is 0 Å². The van der Waals surface area contributed by atoms with Crippen LogP contribution in [0.1, 0.15) is 43.0 Å². The zero-order chi connectivity index (χ0) is 12.0. The summed E-state index contributed by atoms with van der Waals surface area (Å²) in [6.45, 7) is 6.85. The molecule has 0 unspecified atom stereocenters. The zero-order valence-electron chi connectivity index (χ0n) is 11.0. The molecule has 0 heteroatoms. The van der Waals surface area contributed by atoms with Crippen LogP contribution < -0.4 is 0 Å². The van der Waals surface area contributed by atoms with Gasteiger partial charge in [-0.3, -0.25) is 0 Å². The minimum absolute atomic E-state index is 0.177. The highest BCUT2D eigenvalue weighted by Gasteiger charge is 2.20. The third-order valence-electron chi connectivity index (χ3n) is 3.93. The van der Waals surface area contributed by atoms with Gasteiger partial charge in [0.05, 0.1) is 0 Å². The van der Waals surface area contributed by atoms with Crippen molar-refractivity contribution in [2.75, 3.05) is 0 Å². The molecule has 0 radical (unpaired) electrons. The molecule has 2 aliphatic carbocycles. The highest BCUT2D eigenvalue weighted by molar-refractivity contribution is 5.70. The first kappa shape index (κ1) is 10.8. The maximum absolute atomic E-state index is 2.40. The third-order valence-corrected chi connectivity index (χ3v) is 3.93. The van der Waals surface area contributed by atoms with Gasteiger partial charge in [0.1, 0.15) is 0 Å². The van der Waals surface area contributed by atoms with Crippen LogP contribution in [-0.2, 0) is 12.8 Å². The lowest BCUT2D eigenvalue weighted by atomic mass is 9.93. The molecule has 0 fully saturated rings. The summed E-state index contributed by atoms with van der Waals surface area (Å²) in [4.78, 5) is 0. The fraction of sp³-hybridized carbons (Fsp3) is 0.412. The quantitative estimate of drug-likeness (QED) is 0.609. The molecule has 0 nitrogen and oxygen atoms in total. The van der Waals surface area contributed by atoms with Crippen LogP contribution in [0.5, 0.6) is 0 Å². The van der Waals surface area contributed by atoms with Crippen LogP contribution in [0.2, 0.25) is 0 Å². The molecule has 0 spiro atoms. The Morgan fingerprint density at radius 3 is 1.88 bits per heavy atom. The molecule has 0 atom stereocenters. The van der Waals surface area contributed by atoms with E-state index in [2.05, 4.69) is 57.2 Å². The van der Waals surface area contributed by atoms with Crippen LogP contribution in [-0.4, -0.2) is 0 Å². The van der Waals surface area contributed by atoms with Gasteiger partial charge in [0.25, 0.3) is 0 Å². The van der Waals surface area contributed by atoms with E-state index >= 15 is 0 Å². The van der Waals surface area contributed by atoms with Gasteiger partial charge >= 0.3 is 0 Å². The van der Waals surface area contributed by atoms with Gasteiger partial charge in [0.2, 0.25) is 0 Å². The molecule has 1 aromatic rings. The lowest BCUT2D eigenvalue weighted by Crippen LogP contribution is -1.99. The van der Waals surface area contributed by atoms with E-state index in [4.69, 9.17) is 0 Å². The van der Waals surface area contributed by atoms with Crippen molar-refractivity contribution in [3.05, 3.63) is 46.5 Å². The normalized spacial score (nSPS) is 21.1. The van der Waals surface area contributed by atoms with Crippen molar-refractivity contribution in [2.24, 2.45) is 11.3 Å².